The maximum atomic E-state index is 13.8. The Morgan fingerprint density at radius 1 is 0.939 bits per heavy atom. The molecular formula is C28H26N2O3. The molecule has 0 unspecified atom stereocenters. The van der Waals surface area contributed by atoms with Gasteiger partial charge in [-0.3, -0.25) is 14.5 Å². The van der Waals surface area contributed by atoms with Crippen LogP contribution in [0.5, 0.6) is 0 Å². The summed E-state index contributed by atoms with van der Waals surface area (Å²) in [6.07, 6.45) is 1.68. The van der Waals surface area contributed by atoms with E-state index in [9.17, 15) is 9.59 Å². The quantitative estimate of drug-likeness (QED) is 0.394. The first kappa shape index (κ1) is 21.1. The van der Waals surface area contributed by atoms with E-state index < -0.39 is 6.04 Å². The van der Waals surface area contributed by atoms with Crippen LogP contribution in [0.15, 0.2) is 63.9 Å². The van der Waals surface area contributed by atoms with E-state index in [1.54, 1.807) is 11.1 Å². The molecule has 166 valence electrons. The molecule has 0 N–H and O–H groups in total. The van der Waals surface area contributed by atoms with E-state index in [2.05, 4.69) is 31.0 Å². The van der Waals surface area contributed by atoms with Gasteiger partial charge in [0.1, 0.15) is 11.4 Å². The third-order valence-electron chi connectivity index (χ3n) is 6.55. The highest BCUT2D eigenvalue weighted by Crippen LogP contribution is 2.41. The highest BCUT2D eigenvalue weighted by Gasteiger charge is 2.44. The molecule has 1 atom stereocenters. The number of pyridine rings is 1. The molecule has 1 aliphatic heterocycles. The number of benzene rings is 2. The molecule has 0 bridgehead atoms. The van der Waals surface area contributed by atoms with Crippen molar-refractivity contribution in [1.82, 2.24) is 4.98 Å². The molecule has 1 aliphatic rings. The topological polar surface area (TPSA) is 63.4 Å². The summed E-state index contributed by atoms with van der Waals surface area (Å²) in [7, 11) is 0. The molecular weight excluding hydrogens is 412 g/mol. The van der Waals surface area contributed by atoms with Gasteiger partial charge in [0.15, 0.2) is 5.43 Å². The lowest BCUT2D eigenvalue weighted by Crippen LogP contribution is -2.30. The number of rotatable bonds is 3. The minimum atomic E-state index is -0.606. The van der Waals surface area contributed by atoms with Crippen LogP contribution in [0, 0.1) is 20.8 Å². The second kappa shape index (κ2) is 7.69. The Kier molecular flexibility index (Phi) is 4.93. The molecule has 0 fully saturated rings. The zero-order valence-electron chi connectivity index (χ0n) is 19.5. The molecule has 3 heterocycles. The zero-order chi connectivity index (χ0) is 23.4. The maximum Gasteiger partial charge on any atom is 0.296 e. The Hall–Kier alpha value is -3.73. The number of hydrogen-bond acceptors (Lipinski definition) is 4. The van der Waals surface area contributed by atoms with Crippen LogP contribution in [0.2, 0.25) is 0 Å². The monoisotopic (exact) mass is 438 g/mol. The number of aryl methyl sites for hydroxylation is 3. The van der Waals surface area contributed by atoms with Gasteiger partial charge in [-0.05, 0) is 78.8 Å². The van der Waals surface area contributed by atoms with Crippen LogP contribution in [0.3, 0.4) is 0 Å². The molecule has 2 aromatic carbocycles. The minimum Gasteiger partial charge on any atom is -0.450 e. The van der Waals surface area contributed by atoms with E-state index in [-0.39, 0.29) is 17.1 Å². The second-order valence-electron chi connectivity index (χ2n) is 9.20. The number of nitrogens with zero attached hydrogens (tertiary/aromatic N) is 2. The van der Waals surface area contributed by atoms with Crippen LogP contribution in [-0.2, 0) is 0 Å². The van der Waals surface area contributed by atoms with Crippen LogP contribution < -0.4 is 10.3 Å². The van der Waals surface area contributed by atoms with Crippen molar-refractivity contribution in [2.75, 3.05) is 4.90 Å². The number of fused-ring (bicyclic) bond motifs is 2. The number of carbonyl (C=O) groups is 1. The molecule has 1 amide bonds. The molecule has 0 radical (unpaired) electrons. The van der Waals surface area contributed by atoms with Gasteiger partial charge in [-0.2, -0.15) is 0 Å². The Bertz CT molecular complexity index is 1470. The van der Waals surface area contributed by atoms with E-state index in [1.807, 2.05) is 57.2 Å². The van der Waals surface area contributed by atoms with Gasteiger partial charge < -0.3 is 4.42 Å². The van der Waals surface area contributed by atoms with Crippen molar-refractivity contribution in [2.24, 2.45) is 0 Å². The fourth-order valence-corrected chi connectivity index (χ4v) is 4.49. The highest BCUT2D eigenvalue weighted by molar-refractivity contribution is 6.10. The molecule has 0 spiro atoms. The van der Waals surface area contributed by atoms with E-state index in [4.69, 9.17) is 4.42 Å². The summed E-state index contributed by atoms with van der Waals surface area (Å²) < 4.78 is 6.11. The first-order valence-electron chi connectivity index (χ1n) is 11.2. The minimum absolute atomic E-state index is 0.0944. The summed E-state index contributed by atoms with van der Waals surface area (Å²) in [5.74, 6) is 0.627. The fourth-order valence-electron chi connectivity index (χ4n) is 4.49. The normalized spacial score (nSPS) is 15.5. The SMILES string of the molecule is Cc1ccnc(N2C(=O)c3oc4cc(C)c(C)cc4c(=O)c3[C@H]2c2ccc(C(C)C)cc2)c1. The zero-order valence-corrected chi connectivity index (χ0v) is 19.5. The van der Waals surface area contributed by atoms with Crippen molar-refractivity contribution in [3.63, 3.8) is 0 Å². The fraction of sp³-hybridized carbons (Fsp3) is 0.250. The number of hydrogen-bond donors (Lipinski definition) is 0. The van der Waals surface area contributed by atoms with Crippen LogP contribution in [0.25, 0.3) is 11.0 Å². The van der Waals surface area contributed by atoms with Gasteiger partial charge in [0.05, 0.1) is 17.0 Å². The third-order valence-corrected chi connectivity index (χ3v) is 6.55. The maximum absolute atomic E-state index is 13.8. The average Bonchev–Trinajstić information content (AvgIpc) is 3.08. The Balaban J connectivity index is 1.80. The van der Waals surface area contributed by atoms with Gasteiger partial charge in [0.2, 0.25) is 5.76 Å². The van der Waals surface area contributed by atoms with E-state index >= 15 is 0 Å². The van der Waals surface area contributed by atoms with Gasteiger partial charge in [0, 0.05) is 6.20 Å². The lowest BCUT2D eigenvalue weighted by atomic mass is 9.95. The molecule has 5 heteroatoms. The first-order chi connectivity index (χ1) is 15.8. The Morgan fingerprint density at radius 3 is 2.30 bits per heavy atom. The van der Waals surface area contributed by atoms with E-state index in [0.717, 1.165) is 22.3 Å². The van der Waals surface area contributed by atoms with Crippen LogP contribution >= 0.6 is 0 Å². The Labute approximate surface area is 192 Å². The first-order valence-corrected chi connectivity index (χ1v) is 11.2. The summed E-state index contributed by atoms with van der Waals surface area (Å²) in [5.41, 5.74) is 5.68. The molecule has 2 aromatic heterocycles. The van der Waals surface area contributed by atoms with Crippen molar-refractivity contribution in [3.8, 4) is 0 Å². The summed E-state index contributed by atoms with van der Waals surface area (Å²) in [6.45, 7) is 10.2. The molecule has 5 nitrogen and oxygen atoms in total. The third kappa shape index (κ3) is 3.35. The van der Waals surface area contributed by atoms with E-state index in [0.29, 0.717) is 28.3 Å². The predicted molar refractivity (Wildman–Crippen MR) is 130 cm³/mol. The van der Waals surface area contributed by atoms with Gasteiger partial charge >= 0.3 is 0 Å². The van der Waals surface area contributed by atoms with Gasteiger partial charge in [-0.25, -0.2) is 4.98 Å². The predicted octanol–water partition coefficient (Wildman–Crippen LogP) is 5.99. The summed E-state index contributed by atoms with van der Waals surface area (Å²) in [4.78, 5) is 33.5. The van der Waals surface area contributed by atoms with Crippen molar-refractivity contribution in [2.45, 2.75) is 46.6 Å². The molecule has 5 rings (SSSR count). The summed E-state index contributed by atoms with van der Waals surface area (Å²) in [5, 5.41) is 0.493. The van der Waals surface area contributed by atoms with Crippen LogP contribution in [0.1, 0.15) is 69.7 Å². The molecule has 0 aliphatic carbocycles. The van der Waals surface area contributed by atoms with Crippen molar-refractivity contribution in [3.05, 3.63) is 104 Å². The average molecular weight is 439 g/mol. The number of carbonyl (C=O) groups excluding carboxylic acids is 1. The smallest absolute Gasteiger partial charge is 0.296 e. The van der Waals surface area contributed by atoms with Crippen LogP contribution in [0.4, 0.5) is 5.82 Å². The summed E-state index contributed by atoms with van der Waals surface area (Å²) in [6, 6.07) is 14.9. The van der Waals surface area contributed by atoms with Gasteiger partial charge in [-0.15, -0.1) is 0 Å². The lowest BCUT2D eigenvalue weighted by molar-refractivity contribution is 0.0970. The van der Waals surface area contributed by atoms with E-state index in [1.165, 1.54) is 5.56 Å². The largest absolute Gasteiger partial charge is 0.450 e. The Morgan fingerprint density at radius 2 is 1.64 bits per heavy atom. The van der Waals surface area contributed by atoms with Crippen LogP contribution in [-0.4, -0.2) is 10.9 Å². The number of aromatic nitrogens is 1. The van der Waals surface area contributed by atoms with Crippen molar-refractivity contribution in [1.29, 1.82) is 0 Å². The lowest BCUT2D eigenvalue weighted by Gasteiger charge is -2.24. The second-order valence-corrected chi connectivity index (χ2v) is 9.20. The van der Waals surface area contributed by atoms with Gasteiger partial charge in [-0.1, -0.05) is 38.1 Å². The molecule has 33 heavy (non-hydrogen) atoms. The highest BCUT2D eigenvalue weighted by atomic mass is 16.3. The van der Waals surface area contributed by atoms with Crippen molar-refractivity contribution >= 4 is 22.7 Å². The molecule has 0 saturated carbocycles. The van der Waals surface area contributed by atoms with Crippen molar-refractivity contribution < 1.29 is 9.21 Å². The summed E-state index contributed by atoms with van der Waals surface area (Å²) >= 11 is 0. The molecule has 0 saturated heterocycles. The standard InChI is InChI=1S/C28H26N2O3/c1-15(2)19-6-8-20(9-7-19)25-24-26(31)21-13-17(4)18(5)14-22(21)33-27(24)28(32)30(25)23-12-16(3)10-11-29-23/h6-15,25H,1-5H3/t25-/m1/s1. The number of amides is 1. The number of anilines is 1. The molecule has 4 aromatic rings. The van der Waals surface area contributed by atoms with Gasteiger partial charge in [0.25, 0.3) is 5.91 Å².